The van der Waals surface area contributed by atoms with Gasteiger partial charge in [-0.3, -0.25) is 4.79 Å². The molecule has 0 saturated carbocycles. The number of rotatable bonds is 4. The van der Waals surface area contributed by atoms with Crippen LogP contribution in [-0.4, -0.2) is 5.78 Å². The Bertz CT molecular complexity index is 527. The number of ether oxygens (including phenoxy) is 1. The molecular weight excluding hydrogens is 372 g/mol. The molecule has 2 nitrogen and oxygen atoms in total. The monoisotopic (exact) mass is 386 g/mol. The van der Waals surface area contributed by atoms with Gasteiger partial charge >= 0.3 is 0 Å². The third kappa shape index (κ3) is 2.32. The Balaban J connectivity index is 1.85. The number of halogens is 2. The van der Waals surface area contributed by atoms with E-state index in [-0.39, 0.29) is 18.1 Å². The van der Waals surface area contributed by atoms with Crippen molar-refractivity contribution in [2.45, 2.75) is 44.8 Å². The molecule has 0 unspecified atom stereocenters. The summed E-state index contributed by atoms with van der Waals surface area (Å²) in [5, 5.41) is 0. The van der Waals surface area contributed by atoms with E-state index in [2.05, 4.69) is 50.9 Å². The predicted molar refractivity (Wildman–Crippen MR) is 81.0 cm³/mol. The van der Waals surface area contributed by atoms with Crippen LogP contribution in [0.1, 0.15) is 55.9 Å². The zero-order valence-corrected chi connectivity index (χ0v) is 14.0. The highest BCUT2D eigenvalue weighted by atomic mass is 79.9. The number of Topliss-reactive ketones (excluding diaryl/α,β-unsaturated/α-hetero) is 1. The number of carbonyl (C=O) groups excluding carboxylic acids is 1. The van der Waals surface area contributed by atoms with Gasteiger partial charge in [-0.05, 0) is 68.0 Å². The zero-order valence-electron chi connectivity index (χ0n) is 10.8. The number of fused-ring (bicyclic) bond motifs is 5. The lowest BCUT2D eigenvalue weighted by Gasteiger charge is -2.20. The van der Waals surface area contributed by atoms with Gasteiger partial charge in [-0.2, -0.15) is 0 Å². The number of carbonyl (C=O) groups is 1. The maximum Gasteiger partial charge on any atom is 0.139 e. The van der Waals surface area contributed by atoms with Crippen molar-refractivity contribution in [1.82, 2.24) is 0 Å². The van der Waals surface area contributed by atoms with Crippen LogP contribution >= 0.6 is 31.9 Å². The smallest absolute Gasteiger partial charge is 0.139 e. The van der Waals surface area contributed by atoms with Crippen LogP contribution in [0.4, 0.5) is 0 Å². The van der Waals surface area contributed by atoms with Crippen molar-refractivity contribution >= 4 is 37.6 Å². The Morgan fingerprint density at radius 2 is 2.00 bits per heavy atom. The summed E-state index contributed by atoms with van der Waals surface area (Å²) in [6.45, 7) is 2.12. The number of hydrogen-bond acceptors (Lipinski definition) is 2. The lowest BCUT2D eigenvalue weighted by Crippen LogP contribution is -2.20. The first-order chi connectivity index (χ1) is 9.11. The van der Waals surface area contributed by atoms with Crippen LogP contribution in [-0.2, 0) is 9.53 Å². The molecule has 2 aliphatic rings. The Hall–Kier alpha value is -0.190. The van der Waals surface area contributed by atoms with E-state index in [1.54, 1.807) is 0 Å². The first kappa shape index (κ1) is 13.8. The lowest BCUT2D eigenvalue weighted by atomic mass is 9.80. The highest BCUT2D eigenvalue weighted by molar-refractivity contribution is 9.13. The molecule has 2 aliphatic heterocycles. The molecule has 102 valence electrons. The third-order valence-electron chi connectivity index (χ3n) is 4.11. The van der Waals surface area contributed by atoms with E-state index in [1.807, 2.05) is 0 Å². The van der Waals surface area contributed by atoms with Crippen molar-refractivity contribution in [3.8, 4) is 0 Å². The van der Waals surface area contributed by atoms with E-state index >= 15 is 0 Å². The Kier molecular flexibility index (Phi) is 3.84. The van der Waals surface area contributed by atoms with Gasteiger partial charge in [-0.1, -0.05) is 13.3 Å². The summed E-state index contributed by atoms with van der Waals surface area (Å²) < 4.78 is 8.09. The van der Waals surface area contributed by atoms with Gasteiger partial charge in [0.05, 0.1) is 18.1 Å². The maximum absolute atomic E-state index is 12.3. The minimum atomic E-state index is -0.0197. The van der Waals surface area contributed by atoms with Crippen LogP contribution in [0, 0.1) is 5.92 Å². The Morgan fingerprint density at radius 3 is 2.68 bits per heavy atom. The van der Waals surface area contributed by atoms with Crippen molar-refractivity contribution in [1.29, 1.82) is 0 Å². The second-order valence-electron chi connectivity index (χ2n) is 5.35. The molecule has 4 heteroatoms. The number of benzene rings is 1. The van der Waals surface area contributed by atoms with E-state index < -0.39 is 0 Å². The fourth-order valence-corrected chi connectivity index (χ4v) is 3.83. The minimum absolute atomic E-state index is 0.0197. The molecule has 0 radical (unpaired) electrons. The molecule has 0 aromatic heterocycles. The fraction of sp³-hybridized carbons (Fsp3) is 0.533. The standard InChI is InChI=1S/C15H16Br2O2/c1-2-3-4-13(18)10-7-14-8-5-11(16)12(17)6-9(8)15(10)19-14/h5-6,10,14-15H,2-4,7H2,1H3/t10-,14-,15-/m1/s1. The highest BCUT2D eigenvalue weighted by Gasteiger charge is 2.47. The normalized spacial score (nSPS) is 27.6. The molecule has 0 amide bonds. The van der Waals surface area contributed by atoms with Crippen LogP contribution in [0.25, 0.3) is 0 Å². The largest absolute Gasteiger partial charge is 0.365 e. The average Bonchev–Trinajstić information content (AvgIpc) is 2.95. The molecule has 1 saturated heterocycles. The van der Waals surface area contributed by atoms with E-state index in [4.69, 9.17) is 4.74 Å². The average molecular weight is 388 g/mol. The summed E-state index contributed by atoms with van der Waals surface area (Å²) in [7, 11) is 0. The number of ketones is 1. The Morgan fingerprint density at radius 1 is 1.32 bits per heavy atom. The lowest BCUT2D eigenvalue weighted by molar-refractivity contribution is -0.124. The first-order valence-electron chi connectivity index (χ1n) is 6.78. The summed E-state index contributed by atoms with van der Waals surface area (Å²) in [6, 6.07) is 4.22. The third-order valence-corrected chi connectivity index (χ3v) is 5.96. The Labute approximate surface area is 130 Å². The molecule has 1 aromatic rings. The molecule has 3 rings (SSSR count). The van der Waals surface area contributed by atoms with Gasteiger partial charge in [0.25, 0.3) is 0 Å². The summed E-state index contributed by atoms with van der Waals surface area (Å²) in [4.78, 5) is 12.3. The first-order valence-corrected chi connectivity index (χ1v) is 8.37. The summed E-state index contributed by atoms with van der Waals surface area (Å²) >= 11 is 7.06. The molecule has 19 heavy (non-hydrogen) atoms. The van der Waals surface area contributed by atoms with E-state index in [0.29, 0.717) is 12.2 Å². The van der Waals surface area contributed by atoms with Crippen molar-refractivity contribution < 1.29 is 9.53 Å². The van der Waals surface area contributed by atoms with Gasteiger partial charge in [0.2, 0.25) is 0 Å². The topological polar surface area (TPSA) is 26.3 Å². The van der Waals surface area contributed by atoms with E-state index in [1.165, 1.54) is 11.1 Å². The van der Waals surface area contributed by atoms with Gasteiger partial charge in [0.15, 0.2) is 0 Å². The van der Waals surface area contributed by atoms with Crippen molar-refractivity contribution in [3.63, 3.8) is 0 Å². The molecule has 0 spiro atoms. The van der Waals surface area contributed by atoms with Crippen molar-refractivity contribution in [2.24, 2.45) is 5.92 Å². The van der Waals surface area contributed by atoms with Gasteiger partial charge in [0, 0.05) is 15.4 Å². The molecular formula is C15H16Br2O2. The summed E-state index contributed by atoms with van der Waals surface area (Å²) in [6.07, 6.45) is 3.70. The zero-order chi connectivity index (χ0) is 13.6. The van der Waals surface area contributed by atoms with Gasteiger partial charge in [0.1, 0.15) is 5.78 Å². The van der Waals surface area contributed by atoms with Gasteiger partial charge in [-0.25, -0.2) is 0 Å². The van der Waals surface area contributed by atoms with E-state index in [9.17, 15) is 4.79 Å². The SMILES string of the molecule is CCCCC(=O)[C@H]1C[C@H]2O[C@@H]1c1cc(Br)c(Br)cc12. The quantitative estimate of drug-likeness (QED) is 0.717. The molecule has 0 aliphatic carbocycles. The molecule has 0 N–H and O–H groups in total. The minimum Gasteiger partial charge on any atom is -0.365 e. The van der Waals surface area contributed by atoms with Crippen LogP contribution in [0.3, 0.4) is 0 Å². The second-order valence-corrected chi connectivity index (χ2v) is 7.06. The number of unbranched alkanes of at least 4 members (excludes halogenated alkanes) is 1. The predicted octanol–water partition coefficient (Wildman–Crippen LogP) is 5.10. The van der Waals surface area contributed by atoms with Crippen LogP contribution in [0.15, 0.2) is 21.1 Å². The van der Waals surface area contributed by atoms with Gasteiger partial charge in [-0.15, -0.1) is 0 Å². The highest BCUT2D eigenvalue weighted by Crippen LogP contribution is 2.55. The van der Waals surface area contributed by atoms with E-state index in [0.717, 1.165) is 28.2 Å². The summed E-state index contributed by atoms with van der Waals surface area (Å²) in [5.74, 6) is 0.441. The fourth-order valence-electron chi connectivity index (χ4n) is 3.11. The second kappa shape index (κ2) is 5.30. The van der Waals surface area contributed by atoms with Crippen molar-refractivity contribution in [2.75, 3.05) is 0 Å². The molecule has 1 fully saturated rings. The number of hydrogen-bond donors (Lipinski definition) is 0. The molecule has 2 bridgehead atoms. The molecule has 3 atom stereocenters. The van der Waals surface area contributed by atoms with Crippen LogP contribution in [0.2, 0.25) is 0 Å². The van der Waals surface area contributed by atoms with Crippen LogP contribution in [0.5, 0.6) is 0 Å². The summed E-state index contributed by atoms with van der Waals surface area (Å²) in [5.41, 5.74) is 2.45. The molecule has 1 aromatic carbocycles. The molecule has 2 heterocycles. The van der Waals surface area contributed by atoms with Gasteiger partial charge < -0.3 is 4.74 Å². The maximum atomic E-state index is 12.3. The van der Waals surface area contributed by atoms with Crippen LogP contribution < -0.4 is 0 Å². The van der Waals surface area contributed by atoms with Crippen molar-refractivity contribution in [3.05, 3.63) is 32.2 Å².